The van der Waals surface area contributed by atoms with Gasteiger partial charge in [0, 0.05) is 23.0 Å². The van der Waals surface area contributed by atoms with Crippen molar-refractivity contribution in [3.8, 4) is 28.4 Å². The fourth-order valence-electron chi connectivity index (χ4n) is 4.02. The van der Waals surface area contributed by atoms with Crippen molar-refractivity contribution in [2.24, 2.45) is 0 Å². The summed E-state index contributed by atoms with van der Waals surface area (Å²) in [6.45, 7) is 3.49. The van der Waals surface area contributed by atoms with Gasteiger partial charge in [0.15, 0.2) is 17.1 Å². The molecule has 0 aliphatic heterocycles. The lowest BCUT2D eigenvalue weighted by Gasteiger charge is -2.14. The number of anilines is 3. The first-order chi connectivity index (χ1) is 19.0. The number of fused-ring (bicyclic) bond motifs is 1. The number of hydrogen-bond acceptors (Lipinski definition) is 8. The molecule has 0 bridgehead atoms. The van der Waals surface area contributed by atoms with Crippen LogP contribution in [-0.2, 0) is 4.79 Å². The van der Waals surface area contributed by atoms with Crippen molar-refractivity contribution in [2.75, 3.05) is 24.9 Å². The molecule has 10 nitrogen and oxygen atoms in total. The van der Waals surface area contributed by atoms with Gasteiger partial charge in [0.2, 0.25) is 11.9 Å². The van der Waals surface area contributed by atoms with Crippen molar-refractivity contribution in [2.45, 2.75) is 0 Å². The Labute approximate surface area is 223 Å². The van der Waals surface area contributed by atoms with Gasteiger partial charge >= 0.3 is 0 Å². The average Bonchev–Trinajstić information content (AvgIpc) is 2.97. The van der Waals surface area contributed by atoms with Gasteiger partial charge in [-0.2, -0.15) is 4.98 Å². The molecule has 0 aliphatic rings. The minimum absolute atomic E-state index is 0.243. The van der Waals surface area contributed by atoms with Crippen LogP contribution >= 0.6 is 0 Å². The molecule has 5 rings (SSSR count). The van der Waals surface area contributed by atoms with Crippen LogP contribution in [0.15, 0.2) is 96.4 Å². The van der Waals surface area contributed by atoms with Gasteiger partial charge in [0.1, 0.15) is 11.2 Å². The molecule has 0 atom stereocenters. The molecule has 10 heteroatoms. The summed E-state index contributed by atoms with van der Waals surface area (Å²) in [4.78, 5) is 39.5. The van der Waals surface area contributed by atoms with E-state index in [4.69, 9.17) is 9.47 Å². The third kappa shape index (κ3) is 5.16. The number of hydrogen-bond donors (Lipinski definition) is 2. The molecule has 2 heterocycles. The summed E-state index contributed by atoms with van der Waals surface area (Å²) in [5.41, 5.74) is 2.85. The zero-order chi connectivity index (χ0) is 27.4. The van der Waals surface area contributed by atoms with E-state index in [-0.39, 0.29) is 28.8 Å². The topological polar surface area (TPSA) is 120 Å². The summed E-state index contributed by atoms with van der Waals surface area (Å²) >= 11 is 0. The van der Waals surface area contributed by atoms with Crippen molar-refractivity contribution in [1.82, 2.24) is 19.5 Å². The van der Waals surface area contributed by atoms with Gasteiger partial charge in [-0.05, 0) is 36.4 Å². The number of amides is 1. The standard InChI is InChI=1S/C29H24N6O4/c1-4-25(36)31-19-11-8-12-21(15-19)35-27-22(33-26(28(35)37)18-9-6-5-7-10-18)17-30-29(34-27)32-20-13-14-23(38-2)24(16-20)39-3/h4-17H,1H2,2-3H3,(H,31,36)(H,30,32,34). The van der Waals surface area contributed by atoms with Gasteiger partial charge in [-0.25, -0.2) is 9.97 Å². The molecule has 2 N–H and O–H groups in total. The summed E-state index contributed by atoms with van der Waals surface area (Å²) < 4.78 is 12.1. The van der Waals surface area contributed by atoms with Crippen LogP contribution in [0.2, 0.25) is 0 Å². The molecule has 0 aliphatic carbocycles. The second-order valence-corrected chi connectivity index (χ2v) is 8.31. The smallest absolute Gasteiger partial charge is 0.283 e. The number of methoxy groups -OCH3 is 2. The Morgan fingerprint density at radius 3 is 2.46 bits per heavy atom. The molecule has 0 unspecified atom stereocenters. The minimum Gasteiger partial charge on any atom is -0.493 e. The molecule has 0 spiro atoms. The second-order valence-electron chi connectivity index (χ2n) is 8.31. The first-order valence-corrected chi connectivity index (χ1v) is 11.9. The Bertz CT molecular complexity index is 1750. The Morgan fingerprint density at radius 2 is 1.72 bits per heavy atom. The lowest BCUT2D eigenvalue weighted by atomic mass is 10.1. The van der Waals surface area contributed by atoms with Crippen molar-refractivity contribution in [1.29, 1.82) is 0 Å². The van der Waals surface area contributed by atoms with E-state index >= 15 is 0 Å². The first kappa shape index (κ1) is 25.2. The van der Waals surface area contributed by atoms with Gasteiger partial charge in [-0.3, -0.25) is 14.2 Å². The maximum atomic E-state index is 13.9. The number of aromatic nitrogens is 4. The third-order valence-electron chi connectivity index (χ3n) is 5.84. The van der Waals surface area contributed by atoms with E-state index in [0.717, 1.165) is 0 Å². The largest absolute Gasteiger partial charge is 0.493 e. The van der Waals surface area contributed by atoms with Gasteiger partial charge in [-0.15, -0.1) is 0 Å². The molecule has 5 aromatic rings. The summed E-state index contributed by atoms with van der Waals surface area (Å²) in [6, 6.07) is 21.4. The lowest BCUT2D eigenvalue weighted by Crippen LogP contribution is -2.23. The quantitative estimate of drug-likeness (QED) is 0.282. The minimum atomic E-state index is -0.378. The van der Waals surface area contributed by atoms with E-state index in [1.54, 1.807) is 62.9 Å². The summed E-state index contributed by atoms with van der Waals surface area (Å²) in [7, 11) is 3.11. The predicted molar refractivity (Wildman–Crippen MR) is 150 cm³/mol. The van der Waals surface area contributed by atoms with Crippen LogP contribution in [0.5, 0.6) is 11.5 Å². The zero-order valence-corrected chi connectivity index (χ0v) is 21.2. The normalized spacial score (nSPS) is 10.6. The Hall–Kier alpha value is -5.51. The summed E-state index contributed by atoms with van der Waals surface area (Å²) in [5.74, 6) is 0.992. The van der Waals surface area contributed by atoms with Crippen LogP contribution in [-0.4, -0.2) is 39.6 Å². The van der Waals surface area contributed by atoms with E-state index < -0.39 is 0 Å². The highest BCUT2D eigenvalue weighted by molar-refractivity contribution is 5.99. The van der Waals surface area contributed by atoms with E-state index in [9.17, 15) is 9.59 Å². The highest BCUT2D eigenvalue weighted by Gasteiger charge is 2.17. The summed E-state index contributed by atoms with van der Waals surface area (Å²) in [6.07, 6.45) is 2.73. The van der Waals surface area contributed by atoms with Crippen molar-refractivity contribution in [3.05, 3.63) is 102 Å². The zero-order valence-electron chi connectivity index (χ0n) is 21.2. The van der Waals surface area contributed by atoms with Crippen LogP contribution in [0.25, 0.3) is 28.1 Å². The number of carbonyl (C=O) groups is 1. The molecular formula is C29H24N6O4. The van der Waals surface area contributed by atoms with E-state index in [1.165, 1.54) is 10.6 Å². The fourth-order valence-corrected chi connectivity index (χ4v) is 4.02. The van der Waals surface area contributed by atoms with Crippen molar-refractivity contribution in [3.63, 3.8) is 0 Å². The van der Waals surface area contributed by atoms with Gasteiger partial charge in [-0.1, -0.05) is 43.0 Å². The molecule has 39 heavy (non-hydrogen) atoms. The van der Waals surface area contributed by atoms with Gasteiger partial charge in [0.25, 0.3) is 5.56 Å². The molecule has 2 aromatic heterocycles. The van der Waals surface area contributed by atoms with Crippen LogP contribution in [0.3, 0.4) is 0 Å². The van der Waals surface area contributed by atoms with Crippen LogP contribution < -0.4 is 25.7 Å². The van der Waals surface area contributed by atoms with E-state index in [2.05, 4.69) is 32.2 Å². The fraction of sp³-hybridized carbons (Fsp3) is 0.0690. The third-order valence-corrected chi connectivity index (χ3v) is 5.84. The SMILES string of the molecule is C=CC(=O)Nc1cccc(-n2c(=O)c(-c3ccccc3)nc3cnc(Nc4ccc(OC)c(OC)c4)nc32)c1. The van der Waals surface area contributed by atoms with Crippen molar-refractivity contribution >= 4 is 34.4 Å². The highest BCUT2D eigenvalue weighted by atomic mass is 16.5. The predicted octanol–water partition coefficient (Wildman–Crippen LogP) is 4.73. The second kappa shape index (κ2) is 10.9. The number of ether oxygens (including phenoxy) is 2. The van der Waals surface area contributed by atoms with Gasteiger partial charge in [0.05, 0.1) is 26.1 Å². The number of nitrogens with zero attached hydrogens (tertiary/aromatic N) is 4. The Morgan fingerprint density at radius 1 is 0.923 bits per heavy atom. The lowest BCUT2D eigenvalue weighted by molar-refractivity contribution is -0.111. The Kier molecular flexibility index (Phi) is 7.00. The van der Waals surface area contributed by atoms with Gasteiger partial charge < -0.3 is 20.1 Å². The van der Waals surface area contributed by atoms with Crippen LogP contribution in [0, 0.1) is 0 Å². The van der Waals surface area contributed by atoms with Crippen LogP contribution in [0.4, 0.5) is 17.3 Å². The summed E-state index contributed by atoms with van der Waals surface area (Å²) in [5, 5.41) is 5.87. The molecule has 1 amide bonds. The molecule has 0 saturated carbocycles. The molecule has 0 radical (unpaired) electrons. The molecule has 194 valence electrons. The Balaban J connectivity index is 1.68. The maximum absolute atomic E-state index is 13.9. The number of nitrogens with one attached hydrogen (secondary N) is 2. The van der Waals surface area contributed by atoms with E-state index in [0.29, 0.717) is 39.6 Å². The maximum Gasteiger partial charge on any atom is 0.283 e. The van der Waals surface area contributed by atoms with Crippen molar-refractivity contribution < 1.29 is 14.3 Å². The van der Waals surface area contributed by atoms with E-state index in [1.807, 2.05) is 30.3 Å². The number of carbonyl (C=O) groups excluding carboxylic acids is 1. The molecular weight excluding hydrogens is 496 g/mol. The highest BCUT2D eigenvalue weighted by Crippen LogP contribution is 2.31. The number of benzene rings is 3. The molecule has 0 saturated heterocycles. The number of rotatable bonds is 8. The molecule has 0 fully saturated rings. The average molecular weight is 521 g/mol. The van der Waals surface area contributed by atoms with Crippen LogP contribution in [0.1, 0.15) is 0 Å². The first-order valence-electron chi connectivity index (χ1n) is 11.9. The monoisotopic (exact) mass is 520 g/mol. The molecule has 3 aromatic carbocycles.